The van der Waals surface area contributed by atoms with E-state index in [0.29, 0.717) is 6.54 Å². The van der Waals surface area contributed by atoms with Crippen LogP contribution in [0.3, 0.4) is 0 Å². The molecule has 0 bridgehead atoms. The largest absolute Gasteiger partial charge is 0.361 e. The smallest absolute Gasteiger partial charge is 0.159 e. The second kappa shape index (κ2) is 6.16. The number of fused-ring (bicyclic) bond motifs is 1. The third-order valence-electron chi connectivity index (χ3n) is 4.52. The summed E-state index contributed by atoms with van der Waals surface area (Å²) in [5, 5.41) is 4.66. The Morgan fingerprint density at radius 2 is 1.80 bits per heavy atom. The molecule has 0 atom stereocenters. The highest BCUT2D eigenvalue weighted by Crippen LogP contribution is 2.27. The van der Waals surface area contributed by atoms with Gasteiger partial charge in [-0.2, -0.15) is 5.10 Å². The average Bonchev–Trinajstić information content (AvgIpc) is 3.15. The van der Waals surface area contributed by atoms with Crippen LogP contribution in [0.1, 0.15) is 34.1 Å². The van der Waals surface area contributed by atoms with Crippen molar-refractivity contribution in [3.05, 3.63) is 82.9 Å². The third kappa shape index (κ3) is 3.18. The lowest BCUT2D eigenvalue weighted by Crippen LogP contribution is -2.16. The topological polar surface area (TPSA) is 38.1 Å². The van der Waals surface area contributed by atoms with Gasteiger partial charge in [-0.25, -0.2) is 4.39 Å². The van der Waals surface area contributed by atoms with Gasteiger partial charge in [0.1, 0.15) is 5.82 Å². The molecule has 1 aliphatic heterocycles. The summed E-state index contributed by atoms with van der Waals surface area (Å²) in [7, 11) is 0. The molecule has 0 amide bonds. The number of carbonyl (C=O) groups excluding carboxylic acids is 1. The Morgan fingerprint density at radius 1 is 1.08 bits per heavy atom. The molecule has 3 aromatic rings. The average molecular weight is 335 g/mol. The number of anilines is 1. The molecule has 4 nitrogen and oxygen atoms in total. The van der Waals surface area contributed by atoms with Crippen LogP contribution in [0.2, 0.25) is 0 Å². The Labute approximate surface area is 145 Å². The summed E-state index contributed by atoms with van der Waals surface area (Å²) >= 11 is 0. The van der Waals surface area contributed by atoms with Gasteiger partial charge in [-0.15, -0.1) is 0 Å². The fraction of sp³-hybridized carbons (Fsp3) is 0.200. The minimum atomic E-state index is -0.224. The van der Waals surface area contributed by atoms with Crippen LogP contribution < -0.4 is 4.90 Å². The number of ketones is 1. The van der Waals surface area contributed by atoms with Gasteiger partial charge in [0.25, 0.3) is 0 Å². The molecule has 0 saturated heterocycles. The second-order valence-electron chi connectivity index (χ2n) is 6.38. The van der Waals surface area contributed by atoms with E-state index in [4.69, 9.17) is 0 Å². The maximum absolute atomic E-state index is 13.0. The number of aromatic nitrogens is 2. The molecule has 5 heteroatoms. The van der Waals surface area contributed by atoms with Crippen molar-refractivity contribution in [2.75, 3.05) is 4.90 Å². The van der Waals surface area contributed by atoms with Gasteiger partial charge in [-0.1, -0.05) is 12.1 Å². The molecule has 4 rings (SSSR count). The van der Waals surface area contributed by atoms with Crippen molar-refractivity contribution in [2.24, 2.45) is 0 Å². The van der Waals surface area contributed by atoms with E-state index in [1.165, 1.54) is 17.7 Å². The number of benzene rings is 2. The quantitative estimate of drug-likeness (QED) is 0.681. The van der Waals surface area contributed by atoms with Crippen LogP contribution in [0.5, 0.6) is 0 Å². The van der Waals surface area contributed by atoms with Crippen molar-refractivity contribution < 1.29 is 9.18 Å². The molecular weight excluding hydrogens is 317 g/mol. The molecule has 0 unspecified atom stereocenters. The number of halogens is 1. The second-order valence-corrected chi connectivity index (χ2v) is 6.38. The number of hydrogen-bond donors (Lipinski definition) is 0. The van der Waals surface area contributed by atoms with E-state index < -0.39 is 0 Å². The minimum absolute atomic E-state index is 0.0772. The predicted molar refractivity (Wildman–Crippen MR) is 94.1 cm³/mol. The van der Waals surface area contributed by atoms with E-state index in [9.17, 15) is 9.18 Å². The van der Waals surface area contributed by atoms with E-state index in [2.05, 4.69) is 16.2 Å². The fourth-order valence-electron chi connectivity index (χ4n) is 3.16. The highest BCUT2D eigenvalue weighted by molar-refractivity contribution is 5.94. The van der Waals surface area contributed by atoms with Crippen molar-refractivity contribution in [1.82, 2.24) is 9.78 Å². The maximum Gasteiger partial charge on any atom is 0.159 e. The third-order valence-corrected chi connectivity index (χ3v) is 4.52. The van der Waals surface area contributed by atoms with Crippen LogP contribution in [-0.2, 0) is 19.6 Å². The van der Waals surface area contributed by atoms with Gasteiger partial charge >= 0.3 is 0 Å². The Morgan fingerprint density at radius 3 is 2.44 bits per heavy atom. The number of nitrogens with zero attached hydrogens (tertiary/aromatic N) is 3. The van der Waals surface area contributed by atoms with Crippen molar-refractivity contribution >= 4 is 11.5 Å². The van der Waals surface area contributed by atoms with Gasteiger partial charge in [-0.05, 0) is 48.9 Å². The molecule has 1 aliphatic rings. The van der Waals surface area contributed by atoms with E-state index in [0.717, 1.165) is 35.6 Å². The molecule has 0 N–H and O–H groups in total. The lowest BCUT2D eigenvalue weighted by atomic mass is 10.1. The van der Waals surface area contributed by atoms with Gasteiger partial charge < -0.3 is 4.90 Å². The summed E-state index contributed by atoms with van der Waals surface area (Å²) in [4.78, 5) is 13.6. The van der Waals surface area contributed by atoms with Gasteiger partial charge in [-0.3, -0.25) is 9.48 Å². The normalized spacial score (nSPS) is 13.1. The Hall–Kier alpha value is -2.95. The molecule has 2 aromatic carbocycles. The van der Waals surface area contributed by atoms with E-state index in [1.807, 2.05) is 28.9 Å². The Bertz CT molecular complexity index is 890. The highest BCUT2D eigenvalue weighted by Gasteiger charge is 2.23. The van der Waals surface area contributed by atoms with Crippen LogP contribution >= 0.6 is 0 Å². The molecule has 1 aromatic heterocycles. The van der Waals surface area contributed by atoms with E-state index in [1.54, 1.807) is 19.1 Å². The number of hydrogen-bond acceptors (Lipinski definition) is 3. The first-order valence-electron chi connectivity index (χ1n) is 8.24. The summed E-state index contributed by atoms with van der Waals surface area (Å²) in [5.74, 6) is -0.147. The molecule has 0 fully saturated rings. The Kier molecular flexibility index (Phi) is 3.84. The van der Waals surface area contributed by atoms with Crippen LogP contribution in [-0.4, -0.2) is 15.6 Å². The minimum Gasteiger partial charge on any atom is -0.361 e. The number of Topliss-reactive ketones (excluding diaryl/α,β-unsaturated/α-hetero) is 1. The molecule has 126 valence electrons. The predicted octanol–water partition coefficient (Wildman–Crippen LogP) is 3.79. The molecule has 0 saturated carbocycles. The summed E-state index contributed by atoms with van der Waals surface area (Å²) in [6, 6.07) is 14.2. The number of rotatable bonds is 4. The zero-order valence-electron chi connectivity index (χ0n) is 13.9. The van der Waals surface area contributed by atoms with Gasteiger partial charge in [0.2, 0.25) is 0 Å². The van der Waals surface area contributed by atoms with Crippen molar-refractivity contribution in [3.8, 4) is 0 Å². The SMILES string of the molecule is CC(=O)c1ccc(N2Cc3cn(Cc4ccc(F)cc4)nc3C2)cc1. The Balaban J connectivity index is 1.46. The lowest BCUT2D eigenvalue weighted by molar-refractivity contribution is 0.101. The van der Waals surface area contributed by atoms with Crippen molar-refractivity contribution in [1.29, 1.82) is 0 Å². The highest BCUT2D eigenvalue weighted by atomic mass is 19.1. The van der Waals surface area contributed by atoms with Gasteiger partial charge in [0.15, 0.2) is 5.78 Å². The number of carbonyl (C=O) groups is 1. The molecule has 0 spiro atoms. The summed E-state index contributed by atoms with van der Waals surface area (Å²) in [5.41, 5.74) is 5.12. The first-order valence-corrected chi connectivity index (χ1v) is 8.24. The van der Waals surface area contributed by atoms with E-state index in [-0.39, 0.29) is 11.6 Å². The summed E-state index contributed by atoms with van der Waals surface area (Å²) in [6.45, 7) is 3.77. The van der Waals surface area contributed by atoms with E-state index >= 15 is 0 Å². The molecule has 25 heavy (non-hydrogen) atoms. The van der Waals surface area contributed by atoms with Crippen molar-refractivity contribution in [2.45, 2.75) is 26.6 Å². The van der Waals surface area contributed by atoms with Crippen molar-refractivity contribution in [3.63, 3.8) is 0 Å². The van der Waals surface area contributed by atoms with Crippen LogP contribution in [0.25, 0.3) is 0 Å². The molecular formula is C20H18FN3O. The summed E-state index contributed by atoms with van der Waals surface area (Å²) < 4.78 is 14.9. The van der Waals surface area contributed by atoms with Crippen LogP contribution in [0.4, 0.5) is 10.1 Å². The zero-order valence-corrected chi connectivity index (χ0v) is 13.9. The summed E-state index contributed by atoms with van der Waals surface area (Å²) in [6.07, 6.45) is 2.06. The first-order chi connectivity index (χ1) is 12.1. The lowest BCUT2D eigenvalue weighted by Gasteiger charge is -2.18. The molecule has 2 heterocycles. The van der Waals surface area contributed by atoms with Crippen LogP contribution in [0.15, 0.2) is 54.7 Å². The monoisotopic (exact) mass is 335 g/mol. The zero-order chi connectivity index (χ0) is 17.4. The standard InChI is InChI=1S/C20H18FN3O/c1-14(25)16-4-8-19(9-5-16)23-11-17-12-24(22-20(17)13-23)10-15-2-6-18(21)7-3-15/h2-9,12H,10-11,13H2,1H3. The van der Waals surface area contributed by atoms with Gasteiger partial charge in [0, 0.05) is 29.6 Å². The maximum atomic E-state index is 13.0. The molecule has 0 radical (unpaired) electrons. The van der Waals surface area contributed by atoms with Gasteiger partial charge in [0.05, 0.1) is 18.8 Å². The first kappa shape index (κ1) is 15.6. The van der Waals surface area contributed by atoms with Crippen LogP contribution in [0, 0.1) is 5.82 Å². The molecule has 0 aliphatic carbocycles. The fourth-order valence-corrected chi connectivity index (χ4v) is 3.16.